The molecule has 0 radical (unpaired) electrons. The SMILES string of the molecule is O=C(NC(=S)Nc1ccc(N2CCN(C(=O)c3ccccc3)CC2)cc1)c1cc([N+](=O)[O-])ccc1N1CCOCC1. The van der Waals surface area contributed by atoms with Crippen LogP contribution in [0, 0.1) is 10.1 Å². The van der Waals surface area contributed by atoms with Gasteiger partial charge in [0.1, 0.15) is 0 Å². The molecule has 2 N–H and O–H groups in total. The van der Waals surface area contributed by atoms with Gasteiger partial charge in [0.25, 0.3) is 17.5 Å². The summed E-state index contributed by atoms with van der Waals surface area (Å²) in [5, 5.41) is 17.1. The maximum absolute atomic E-state index is 13.2. The summed E-state index contributed by atoms with van der Waals surface area (Å²) in [7, 11) is 0. The summed E-state index contributed by atoms with van der Waals surface area (Å²) in [5.74, 6) is -0.491. The van der Waals surface area contributed by atoms with Crippen LogP contribution < -0.4 is 20.4 Å². The number of ether oxygens (including phenoxy) is 1. The average molecular weight is 575 g/mol. The van der Waals surface area contributed by atoms with Crippen LogP contribution in [0.4, 0.5) is 22.7 Å². The summed E-state index contributed by atoms with van der Waals surface area (Å²) in [6, 6.07) is 21.2. The Labute approximate surface area is 242 Å². The normalized spacial score (nSPS) is 15.3. The van der Waals surface area contributed by atoms with Crippen molar-refractivity contribution in [3.8, 4) is 0 Å². The summed E-state index contributed by atoms with van der Waals surface area (Å²) < 4.78 is 5.39. The number of hydrogen-bond acceptors (Lipinski definition) is 8. The number of rotatable bonds is 6. The third-order valence-corrected chi connectivity index (χ3v) is 7.30. The van der Waals surface area contributed by atoms with E-state index in [0.717, 1.165) is 5.69 Å². The molecule has 2 amide bonds. The lowest BCUT2D eigenvalue weighted by molar-refractivity contribution is -0.384. The molecule has 5 rings (SSSR count). The van der Waals surface area contributed by atoms with E-state index in [1.54, 1.807) is 6.07 Å². The molecule has 2 aliphatic rings. The Morgan fingerprint density at radius 2 is 1.54 bits per heavy atom. The van der Waals surface area contributed by atoms with Gasteiger partial charge in [-0.2, -0.15) is 0 Å². The molecule has 2 fully saturated rings. The van der Waals surface area contributed by atoms with Crippen LogP contribution in [0.2, 0.25) is 0 Å². The number of thiocarbonyl (C=S) groups is 1. The van der Waals surface area contributed by atoms with Gasteiger partial charge in [0.15, 0.2) is 5.11 Å². The lowest BCUT2D eigenvalue weighted by atomic mass is 10.1. The fourth-order valence-corrected chi connectivity index (χ4v) is 5.13. The smallest absolute Gasteiger partial charge is 0.270 e. The second-order valence-corrected chi connectivity index (χ2v) is 10.1. The molecule has 0 spiro atoms. The number of morpholine rings is 1. The molecule has 0 bridgehead atoms. The molecule has 2 aliphatic heterocycles. The third-order valence-electron chi connectivity index (χ3n) is 7.09. The zero-order valence-electron chi connectivity index (χ0n) is 22.3. The first-order valence-corrected chi connectivity index (χ1v) is 13.7. The van der Waals surface area contributed by atoms with Crippen molar-refractivity contribution in [3.63, 3.8) is 0 Å². The van der Waals surface area contributed by atoms with Crippen LogP contribution in [0.5, 0.6) is 0 Å². The molecule has 12 heteroatoms. The molecule has 0 atom stereocenters. The van der Waals surface area contributed by atoms with Crippen LogP contribution in [0.3, 0.4) is 0 Å². The second kappa shape index (κ2) is 12.7. The maximum Gasteiger partial charge on any atom is 0.270 e. The Morgan fingerprint density at radius 1 is 0.854 bits per heavy atom. The van der Waals surface area contributed by atoms with E-state index >= 15 is 0 Å². The van der Waals surface area contributed by atoms with E-state index in [0.29, 0.717) is 69.4 Å². The summed E-state index contributed by atoms with van der Waals surface area (Å²) in [5.41, 5.74) is 2.99. The van der Waals surface area contributed by atoms with Crippen LogP contribution in [-0.4, -0.2) is 79.2 Å². The summed E-state index contributed by atoms with van der Waals surface area (Å²) in [6.45, 7) is 4.87. The lowest BCUT2D eigenvalue weighted by Gasteiger charge is -2.36. The van der Waals surface area contributed by atoms with Gasteiger partial charge in [-0.05, 0) is 54.7 Å². The van der Waals surface area contributed by atoms with Gasteiger partial charge in [0.2, 0.25) is 0 Å². The number of carbonyl (C=O) groups excluding carboxylic acids is 2. The van der Waals surface area contributed by atoms with Crippen molar-refractivity contribution in [3.05, 3.63) is 94.0 Å². The van der Waals surface area contributed by atoms with E-state index in [2.05, 4.69) is 15.5 Å². The van der Waals surface area contributed by atoms with Gasteiger partial charge < -0.3 is 24.8 Å². The number of nitro groups is 1. The number of benzene rings is 3. The highest BCUT2D eigenvalue weighted by Gasteiger charge is 2.24. The van der Waals surface area contributed by atoms with E-state index in [4.69, 9.17) is 17.0 Å². The molecule has 11 nitrogen and oxygen atoms in total. The molecule has 0 aliphatic carbocycles. The molecule has 2 saturated heterocycles. The number of nitro benzene ring substituents is 1. The molecule has 41 heavy (non-hydrogen) atoms. The fourth-order valence-electron chi connectivity index (χ4n) is 4.92. The van der Waals surface area contributed by atoms with Crippen LogP contribution in [-0.2, 0) is 4.74 Å². The number of piperazine rings is 1. The molecular weight excluding hydrogens is 544 g/mol. The zero-order chi connectivity index (χ0) is 28.8. The van der Waals surface area contributed by atoms with Crippen molar-refractivity contribution in [2.75, 3.05) is 67.6 Å². The predicted molar refractivity (Wildman–Crippen MR) is 161 cm³/mol. The summed E-state index contributed by atoms with van der Waals surface area (Å²) in [6.07, 6.45) is 0. The van der Waals surface area contributed by atoms with Gasteiger partial charge in [0.05, 0.1) is 29.4 Å². The molecule has 212 valence electrons. The van der Waals surface area contributed by atoms with Gasteiger partial charge in [-0.25, -0.2) is 0 Å². The minimum atomic E-state index is -0.535. The molecule has 3 aromatic carbocycles. The zero-order valence-corrected chi connectivity index (χ0v) is 23.1. The largest absolute Gasteiger partial charge is 0.378 e. The second-order valence-electron chi connectivity index (χ2n) is 9.66. The minimum absolute atomic E-state index is 0.0440. The van der Waals surface area contributed by atoms with Crippen molar-refractivity contribution in [1.82, 2.24) is 10.2 Å². The lowest BCUT2D eigenvalue weighted by Crippen LogP contribution is -2.48. The van der Waals surface area contributed by atoms with Gasteiger partial charge in [-0.1, -0.05) is 18.2 Å². The van der Waals surface area contributed by atoms with E-state index in [1.807, 2.05) is 64.4 Å². The molecule has 3 aromatic rings. The number of hydrogen-bond donors (Lipinski definition) is 2. The van der Waals surface area contributed by atoms with Crippen LogP contribution in [0.25, 0.3) is 0 Å². The van der Waals surface area contributed by atoms with E-state index in [9.17, 15) is 19.7 Å². The first-order chi connectivity index (χ1) is 19.9. The van der Waals surface area contributed by atoms with Crippen LogP contribution in [0.15, 0.2) is 72.8 Å². The predicted octanol–water partition coefficient (Wildman–Crippen LogP) is 3.52. The van der Waals surface area contributed by atoms with E-state index in [1.165, 1.54) is 12.1 Å². The molecule has 0 aromatic heterocycles. The minimum Gasteiger partial charge on any atom is -0.378 e. The van der Waals surface area contributed by atoms with Crippen molar-refractivity contribution in [1.29, 1.82) is 0 Å². The number of nitrogens with one attached hydrogen (secondary N) is 2. The van der Waals surface area contributed by atoms with Crippen LogP contribution in [0.1, 0.15) is 20.7 Å². The standard InChI is InChI=1S/C29H30N6O5S/c36-27(25-20-24(35(38)39)10-11-26(25)33-16-18-40-19-17-33)31-29(41)30-22-6-8-23(9-7-22)32-12-14-34(15-13-32)28(37)21-4-2-1-3-5-21/h1-11,20H,12-19H2,(H2,30,31,36,41). The monoisotopic (exact) mass is 574 g/mol. The Hall–Kier alpha value is -4.55. The number of non-ortho nitro benzene ring substituents is 1. The fraction of sp³-hybridized carbons (Fsp3) is 0.276. The summed E-state index contributed by atoms with van der Waals surface area (Å²) in [4.78, 5) is 42.8. The maximum atomic E-state index is 13.2. The topological polar surface area (TPSA) is 120 Å². The van der Waals surface area contributed by atoms with Crippen molar-refractivity contribution < 1.29 is 19.2 Å². The van der Waals surface area contributed by atoms with Crippen molar-refractivity contribution in [2.24, 2.45) is 0 Å². The van der Waals surface area contributed by atoms with Gasteiger partial charge in [-0.15, -0.1) is 0 Å². The highest BCUT2D eigenvalue weighted by Crippen LogP contribution is 2.27. The van der Waals surface area contributed by atoms with E-state index < -0.39 is 10.8 Å². The first-order valence-electron chi connectivity index (χ1n) is 13.3. The van der Waals surface area contributed by atoms with Crippen LogP contribution >= 0.6 is 12.2 Å². The first kappa shape index (κ1) is 28.0. The third kappa shape index (κ3) is 6.79. The molecular formula is C29H30N6O5S. The number of anilines is 3. The van der Waals surface area contributed by atoms with Gasteiger partial charge >= 0.3 is 0 Å². The van der Waals surface area contributed by atoms with Gasteiger partial charge in [0, 0.05) is 68.3 Å². The molecule has 0 saturated carbocycles. The summed E-state index contributed by atoms with van der Waals surface area (Å²) >= 11 is 5.37. The highest BCUT2D eigenvalue weighted by atomic mass is 32.1. The Morgan fingerprint density at radius 3 is 2.20 bits per heavy atom. The Balaban J connectivity index is 1.17. The van der Waals surface area contributed by atoms with Crippen molar-refractivity contribution >= 4 is 51.9 Å². The molecule has 0 unspecified atom stereocenters. The quantitative estimate of drug-likeness (QED) is 0.259. The molecule has 2 heterocycles. The number of amides is 2. The highest BCUT2D eigenvalue weighted by molar-refractivity contribution is 7.80. The van der Waals surface area contributed by atoms with E-state index in [-0.39, 0.29) is 22.3 Å². The Bertz CT molecular complexity index is 1420. The number of carbonyl (C=O) groups is 2. The van der Waals surface area contributed by atoms with Gasteiger partial charge in [-0.3, -0.25) is 25.0 Å². The number of nitrogens with zero attached hydrogens (tertiary/aromatic N) is 4. The average Bonchev–Trinajstić information content (AvgIpc) is 3.01. The Kier molecular flexibility index (Phi) is 8.70. The van der Waals surface area contributed by atoms with Crippen molar-refractivity contribution in [2.45, 2.75) is 0 Å².